The summed E-state index contributed by atoms with van der Waals surface area (Å²) < 4.78 is 30.3. The van der Waals surface area contributed by atoms with Crippen molar-refractivity contribution in [3.05, 3.63) is 63.8 Å². The van der Waals surface area contributed by atoms with Crippen LogP contribution in [0.4, 0.5) is 0 Å². The third kappa shape index (κ3) is 3.62. The number of hydrazine groups is 1. The Bertz CT molecular complexity index is 980. The molecule has 0 unspecified atom stereocenters. The number of nitrogens with one attached hydrogen (secondary N) is 2. The van der Waals surface area contributed by atoms with Crippen molar-refractivity contribution in [3.63, 3.8) is 0 Å². The van der Waals surface area contributed by atoms with Crippen LogP contribution in [0.15, 0.2) is 62.3 Å². The topological polar surface area (TPSA) is 88.4 Å². The van der Waals surface area contributed by atoms with Crippen molar-refractivity contribution in [3.8, 4) is 0 Å². The number of para-hydroxylation sites is 1. The Hall–Kier alpha value is -1.87. The third-order valence-corrected chi connectivity index (χ3v) is 5.00. The molecule has 0 radical (unpaired) electrons. The van der Waals surface area contributed by atoms with Crippen LogP contribution in [0.3, 0.4) is 0 Å². The van der Waals surface area contributed by atoms with Crippen LogP contribution in [-0.4, -0.2) is 14.3 Å². The fourth-order valence-electron chi connectivity index (χ4n) is 2.01. The first-order valence-electron chi connectivity index (χ1n) is 6.62. The molecule has 0 atom stereocenters. The van der Waals surface area contributed by atoms with Gasteiger partial charge in [-0.05, 0) is 30.3 Å². The minimum Gasteiger partial charge on any atom is -0.451 e. The van der Waals surface area contributed by atoms with E-state index in [2.05, 4.69) is 21.4 Å². The van der Waals surface area contributed by atoms with E-state index < -0.39 is 15.9 Å². The SMILES string of the molecule is O=C(NNS(=O)(=O)c1cc(Cl)cc(Br)c1)c1cc2ccccc2o1. The van der Waals surface area contributed by atoms with E-state index in [4.69, 9.17) is 16.0 Å². The monoisotopic (exact) mass is 428 g/mol. The molecule has 1 heterocycles. The highest BCUT2D eigenvalue weighted by molar-refractivity contribution is 9.10. The number of amides is 1. The van der Waals surface area contributed by atoms with Gasteiger partial charge in [0.25, 0.3) is 10.0 Å². The van der Waals surface area contributed by atoms with Gasteiger partial charge in [-0.25, -0.2) is 8.42 Å². The first kappa shape index (κ1) is 17.0. The lowest BCUT2D eigenvalue weighted by Crippen LogP contribution is -2.41. The largest absolute Gasteiger partial charge is 0.451 e. The Morgan fingerprint density at radius 2 is 1.88 bits per heavy atom. The molecule has 1 aromatic heterocycles. The quantitative estimate of drug-likeness (QED) is 0.622. The van der Waals surface area contributed by atoms with Crippen molar-refractivity contribution in [2.24, 2.45) is 0 Å². The standard InChI is InChI=1S/C15H10BrClN2O4S/c16-10-6-11(17)8-12(7-10)24(21,22)19-18-15(20)14-5-9-3-1-2-4-13(9)23-14/h1-8,19H,(H,18,20). The second-order valence-corrected chi connectivity index (χ2v) is 7.85. The molecule has 0 aliphatic rings. The van der Waals surface area contributed by atoms with Gasteiger partial charge in [-0.1, -0.05) is 45.7 Å². The van der Waals surface area contributed by atoms with E-state index in [-0.39, 0.29) is 15.7 Å². The molecule has 1 amide bonds. The molecule has 24 heavy (non-hydrogen) atoms. The Balaban J connectivity index is 1.77. The van der Waals surface area contributed by atoms with Gasteiger partial charge in [-0.15, -0.1) is 4.83 Å². The van der Waals surface area contributed by atoms with Crippen molar-refractivity contribution in [2.45, 2.75) is 4.90 Å². The number of rotatable bonds is 4. The minimum atomic E-state index is -3.98. The lowest BCUT2D eigenvalue weighted by Gasteiger charge is -2.08. The number of carbonyl (C=O) groups is 1. The number of hydrogen-bond donors (Lipinski definition) is 2. The lowest BCUT2D eigenvalue weighted by molar-refractivity contribution is 0.0919. The summed E-state index contributed by atoms with van der Waals surface area (Å²) in [6, 6.07) is 12.8. The van der Waals surface area contributed by atoms with Crippen LogP contribution < -0.4 is 10.3 Å². The maximum absolute atomic E-state index is 12.2. The van der Waals surface area contributed by atoms with Crippen molar-refractivity contribution in [1.29, 1.82) is 0 Å². The molecule has 3 rings (SSSR count). The zero-order valence-electron chi connectivity index (χ0n) is 11.9. The predicted octanol–water partition coefficient (Wildman–Crippen LogP) is 3.47. The fraction of sp³-hybridized carbons (Fsp3) is 0. The highest BCUT2D eigenvalue weighted by Crippen LogP contribution is 2.22. The zero-order valence-corrected chi connectivity index (χ0v) is 15.1. The summed E-state index contributed by atoms with van der Waals surface area (Å²) in [7, 11) is -3.98. The summed E-state index contributed by atoms with van der Waals surface area (Å²) in [6.45, 7) is 0. The normalized spacial score (nSPS) is 11.6. The van der Waals surface area contributed by atoms with Crippen molar-refractivity contribution < 1.29 is 17.6 Å². The molecule has 2 aromatic carbocycles. The first-order valence-corrected chi connectivity index (χ1v) is 9.27. The van der Waals surface area contributed by atoms with Crippen molar-refractivity contribution in [1.82, 2.24) is 10.3 Å². The van der Waals surface area contributed by atoms with Crippen LogP contribution in [0, 0.1) is 0 Å². The summed E-state index contributed by atoms with van der Waals surface area (Å²) >= 11 is 9.00. The van der Waals surface area contributed by atoms with Gasteiger partial charge in [0.15, 0.2) is 5.76 Å². The molecule has 0 aliphatic heterocycles. The lowest BCUT2D eigenvalue weighted by atomic mass is 10.2. The van der Waals surface area contributed by atoms with Crippen LogP contribution >= 0.6 is 27.5 Å². The summed E-state index contributed by atoms with van der Waals surface area (Å²) in [5.41, 5.74) is 2.64. The first-order chi connectivity index (χ1) is 11.3. The van der Waals surface area contributed by atoms with Crippen molar-refractivity contribution >= 4 is 54.4 Å². The number of furan rings is 1. The number of fused-ring (bicyclic) bond motifs is 1. The van der Waals surface area contributed by atoms with Crippen LogP contribution in [0.25, 0.3) is 11.0 Å². The Labute approximate surface area is 150 Å². The van der Waals surface area contributed by atoms with Gasteiger partial charge < -0.3 is 4.42 Å². The maximum atomic E-state index is 12.2. The Kier molecular flexibility index (Phi) is 4.64. The van der Waals surface area contributed by atoms with E-state index in [0.29, 0.717) is 10.1 Å². The molecule has 0 bridgehead atoms. The third-order valence-electron chi connectivity index (χ3n) is 3.09. The Morgan fingerprint density at radius 1 is 1.12 bits per heavy atom. The molecule has 9 heteroatoms. The van der Waals surface area contributed by atoms with Gasteiger partial charge in [-0.3, -0.25) is 10.2 Å². The van der Waals surface area contributed by atoms with Gasteiger partial charge >= 0.3 is 5.91 Å². The van der Waals surface area contributed by atoms with Crippen molar-refractivity contribution in [2.75, 3.05) is 0 Å². The molecular weight excluding hydrogens is 420 g/mol. The smallest absolute Gasteiger partial charge is 0.301 e. The number of halogens is 2. The zero-order chi connectivity index (χ0) is 17.3. The molecule has 0 fully saturated rings. The van der Waals surface area contributed by atoms with Crippen LogP contribution in [-0.2, 0) is 10.0 Å². The molecule has 124 valence electrons. The summed E-state index contributed by atoms with van der Waals surface area (Å²) in [5.74, 6) is -0.720. The Morgan fingerprint density at radius 3 is 2.58 bits per heavy atom. The number of carbonyl (C=O) groups excluding carboxylic acids is 1. The highest BCUT2D eigenvalue weighted by Gasteiger charge is 2.18. The van der Waals surface area contributed by atoms with Crippen LogP contribution in [0.5, 0.6) is 0 Å². The number of sulfonamides is 1. The van der Waals surface area contributed by atoms with E-state index >= 15 is 0 Å². The molecule has 0 aliphatic carbocycles. The van der Waals surface area contributed by atoms with Crippen LogP contribution in [0.1, 0.15) is 10.6 Å². The number of benzene rings is 2. The molecule has 0 saturated heterocycles. The molecular formula is C15H10BrClN2O4S. The van der Waals surface area contributed by atoms with E-state index in [1.807, 2.05) is 4.83 Å². The molecule has 0 spiro atoms. The summed E-state index contributed by atoms with van der Waals surface area (Å²) in [5, 5.41) is 0.984. The van der Waals surface area contributed by atoms with Crippen LogP contribution in [0.2, 0.25) is 5.02 Å². The van der Waals surface area contributed by atoms with Gasteiger partial charge in [-0.2, -0.15) is 0 Å². The molecule has 0 saturated carbocycles. The average Bonchev–Trinajstić information content (AvgIpc) is 2.96. The molecule has 2 N–H and O–H groups in total. The summed E-state index contributed by atoms with van der Waals surface area (Å²) in [6.07, 6.45) is 0. The van der Waals surface area contributed by atoms with Gasteiger partial charge in [0.1, 0.15) is 5.58 Å². The maximum Gasteiger partial charge on any atom is 0.301 e. The van der Waals surface area contributed by atoms with Gasteiger partial charge in [0.05, 0.1) is 4.90 Å². The van der Waals surface area contributed by atoms with Gasteiger partial charge in [0.2, 0.25) is 0 Å². The second-order valence-electron chi connectivity index (χ2n) is 4.81. The van der Waals surface area contributed by atoms with Gasteiger partial charge in [0, 0.05) is 14.9 Å². The molecule has 6 nitrogen and oxygen atoms in total. The van der Waals surface area contributed by atoms with E-state index in [1.54, 1.807) is 30.3 Å². The second kappa shape index (κ2) is 6.56. The average molecular weight is 430 g/mol. The van der Waals surface area contributed by atoms with E-state index in [1.165, 1.54) is 18.2 Å². The molecule has 3 aromatic rings. The van der Waals surface area contributed by atoms with E-state index in [0.717, 1.165) is 5.39 Å². The fourth-order valence-corrected chi connectivity index (χ4v) is 4.00. The highest BCUT2D eigenvalue weighted by atomic mass is 79.9. The number of hydrogen-bond acceptors (Lipinski definition) is 4. The predicted molar refractivity (Wildman–Crippen MR) is 93.2 cm³/mol. The summed E-state index contributed by atoms with van der Waals surface area (Å²) in [4.78, 5) is 14.0. The van der Waals surface area contributed by atoms with E-state index in [9.17, 15) is 13.2 Å². The minimum absolute atomic E-state index is 0.00817.